The monoisotopic (exact) mass is 1020 g/mol. The number of carbonyl (C=O) groups excluding carboxylic acids is 3. The summed E-state index contributed by atoms with van der Waals surface area (Å²) < 4.78 is 65.4. The lowest BCUT2D eigenvalue weighted by Gasteiger charge is -2.44. The molecule has 0 radical (unpaired) electrons. The van der Waals surface area contributed by atoms with Gasteiger partial charge in [-0.05, 0) is 25.7 Å². The van der Waals surface area contributed by atoms with E-state index in [1.807, 2.05) is 6.92 Å². The van der Waals surface area contributed by atoms with Crippen LogP contribution in [0.5, 0.6) is 0 Å². The van der Waals surface area contributed by atoms with Crippen molar-refractivity contribution < 1.29 is 95.4 Å². The van der Waals surface area contributed by atoms with Crippen LogP contribution in [0.3, 0.4) is 0 Å². The van der Waals surface area contributed by atoms with Gasteiger partial charge in [-0.2, -0.15) is 0 Å². The summed E-state index contributed by atoms with van der Waals surface area (Å²) >= 11 is 1.41. The highest BCUT2D eigenvalue weighted by atomic mass is 32.2. The van der Waals surface area contributed by atoms with Gasteiger partial charge in [0.05, 0.1) is 6.61 Å². The van der Waals surface area contributed by atoms with E-state index in [0.29, 0.717) is 19.3 Å². The number of aliphatic hydroxyl groups is 3. The highest BCUT2D eigenvalue weighted by molar-refractivity contribution is 8.13. The Bertz CT molecular complexity index is 1450. The summed E-state index contributed by atoms with van der Waals surface area (Å²) in [7, 11) is -16.6. The predicted molar refractivity (Wildman–Crippen MR) is 242 cm³/mol. The quantitative estimate of drug-likeness (QED) is 0.0168. The highest BCUT2D eigenvalue weighted by Gasteiger charge is 2.56. The number of ether oxygens (including phenoxy) is 2. The van der Waals surface area contributed by atoms with Crippen molar-refractivity contribution in [3.63, 3.8) is 0 Å². The van der Waals surface area contributed by atoms with Crippen molar-refractivity contribution in [2.45, 2.75) is 224 Å². The Morgan fingerprint density at radius 1 is 0.492 bits per heavy atom. The molecule has 65 heavy (non-hydrogen) atoms. The molecule has 1 rings (SSSR count). The molecule has 1 aliphatic rings. The van der Waals surface area contributed by atoms with Gasteiger partial charge in [-0.3, -0.25) is 32.5 Å². The van der Waals surface area contributed by atoms with E-state index in [1.54, 1.807) is 0 Å². The number of rotatable bonds is 40. The van der Waals surface area contributed by atoms with Gasteiger partial charge in [0.2, 0.25) is 0 Å². The molecule has 0 aliphatic heterocycles. The first-order valence-corrected chi connectivity index (χ1v) is 28.9. The highest BCUT2D eigenvalue weighted by Crippen LogP contribution is 2.51. The first-order chi connectivity index (χ1) is 30.7. The number of unbranched alkanes of at least 4 members (excludes halogenated alkanes) is 20. The Morgan fingerprint density at radius 3 is 1.37 bits per heavy atom. The minimum absolute atomic E-state index is 0.00816. The standard InChI is InChI=1S/C41H79O20P3S/c1-3-5-6-7-8-9-10-11-12-14-18-21-24-28-34(43)58-32(30-56-33(42)27-23-20-17-15-13-16-19-22-25-29-65-35(44)26-4-2)31-57-64(54,55)61-39-36(45)37(46)40(59-62(48,49)50)41(38(39)47)60-63(51,52)53/h32,36-41,45-47H,3-31H2,1-2H3,(H,54,55)(H2,48,49,50)(H2,51,52,53)/t32-,36?,37-,38+,39?,40?,41+/m1/s1. The lowest BCUT2D eigenvalue weighted by atomic mass is 9.85. The normalized spacial score (nSPS) is 21.8. The summed E-state index contributed by atoms with van der Waals surface area (Å²) in [5.74, 6) is -0.468. The average molecular weight is 1020 g/mol. The maximum absolute atomic E-state index is 13.1. The summed E-state index contributed by atoms with van der Waals surface area (Å²) in [4.78, 5) is 84.7. The third-order valence-electron chi connectivity index (χ3n) is 10.7. The minimum Gasteiger partial charge on any atom is -0.462 e. The number of phosphoric ester groups is 3. The second-order valence-electron chi connectivity index (χ2n) is 16.6. The van der Waals surface area contributed by atoms with Crippen LogP contribution >= 0.6 is 35.2 Å². The van der Waals surface area contributed by atoms with Crippen LogP contribution in [0.4, 0.5) is 0 Å². The number of hydrogen-bond acceptors (Lipinski definition) is 16. The van der Waals surface area contributed by atoms with E-state index in [9.17, 15) is 67.9 Å². The van der Waals surface area contributed by atoms with Crippen molar-refractivity contribution in [3.8, 4) is 0 Å². The van der Waals surface area contributed by atoms with E-state index in [4.69, 9.17) is 18.5 Å². The zero-order chi connectivity index (χ0) is 48.7. The molecule has 0 aromatic rings. The largest absolute Gasteiger partial charge is 0.472 e. The van der Waals surface area contributed by atoms with Crippen molar-refractivity contribution in [2.24, 2.45) is 0 Å². The lowest BCUT2D eigenvalue weighted by Crippen LogP contribution is -2.65. The van der Waals surface area contributed by atoms with Crippen molar-refractivity contribution >= 4 is 52.3 Å². The van der Waals surface area contributed by atoms with Gasteiger partial charge < -0.3 is 49.3 Å². The molecule has 8 N–H and O–H groups in total. The molecular weight excluding hydrogens is 937 g/mol. The summed E-state index contributed by atoms with van der Waals surface area (Å²) in [6, 6.07) is 0. The first-order valence-electron chi connectivity index (χ1n) is 23.4. The summed E-state index contributed by atoms with van der Waals surface area (Å²) in [5.41, 5.74) is 0. The molecule has 1 aliphatic carbocycles. The van der Waals surface area contributed by atoms with Crippen LogP contribution in [0.25, 0.3) is 0 Å². The van der Waals surface area contributed by atoms with Gasteiger partial charge in [0.15, 0.2) is 11.2 Å². The molecule has 1 fully saturated rings. The van der Waals surface area contributed by atoms with Crippen LogP contribution in [-0.2, 0) is 55.6 Å². The van der Waals surface area contributed by atoms with Crippen molar-refractivity contribution in [1.29, 1.82) is 0 Å². The Kier molecular flexibility index (Phi) is 33.8. The van der Waals surface area contributed by atoms with Crippen molar-refractivity contribution in [1.82, 2.24) is 0 Å². The molecule has 0 amide bonds. The van der Waals surface area contributed by atoms with Crippen molar-refractivity contribution in [2.75, 3.05) is 19.0 Å². The van der Waals surface area contributed by atoms with Crippen LogP contribution in [0.2, 0.25) is 0 Å². The minimum atomic E-state index is -5.60. The Balaban J connectivity index is 2.73. The SMILES string of the molecule is CCCCCCCCCCCCCCCC(=O)O[C@H](COC(=O)CCCCCCCCCCCSC(=O)CCC)COP(=O)(O)OC1C(O)[C@@H](O)C(OP(=O)(O)O)[C@@H](OP(=O)(O)O)[C@H]1O. The molecule has 0 bridgehead atoms. The molecule has 0 aromatic carbocycles. The molecular formula is C41H79O20P3S. The average Bonchev–Trinajstić information content (AvgIpc) is 3.22. The maximum Gasteiger partial charge on any atom is 0.472 e. The van der Waals surface area contributed by atoms with Crippen LogP contribution < -0.4 is 0 Å². The predicted octanol–water partition coefficient (Wildman–Crippen LogP) is 7.44. The van der Waals surface area contributed by atoms with Crippen molar-refractivity contribution in [3.05, 3.63) is 0 Å². The zero-order valence-electron chi connectivity index (χ0n) is 38.3. The third kappa shape index (κ3) is 31.8. The third-order valence-corrected chi connectivity index (χ3v) is 13.7. The van der Waals surface area contributed by atoms with Crippen LogP contribution in [-0.4, -0.2) is 119 Å². The van der Waals surface area contributed by atoms with E-state index in [2.05, 4.69) is 16.0 Å². The van der Waals surface area contributed by atoms with Gasteiger partial charge in [-0.15, -0.1) is 0 Å². The van der Waals surface area contributed by atoms with Crippen LogP contribution in [0.15, 0.2) is 0 Å². The number of phosphoric acid groups is 3. The molecule has 24 heteroatoms. The van der Waals surface area contributed by atoms with Gasteiger partial charge in [-0.25, -0.2) is 13.7 Å². The molecule has 20 nitrogen and oxygen atoms in total. The zero-order valence-corrected chi connectivity index (χ0v) is 41.8. The van der Waals surface area contributed by atoms with E-state index >= 15 is 0 Å². The molecule has 0 spiro atoms. The van der Waals surface area contributed by atoms with E-state index in [1.165, 1.54) is 56.7 Å². The van der Waals surface area contributed by atoms with Crippen LogP contribution in [0.1, 0.15) is 181 Å². The van der Waals surface area contributed by atoms with Gasteiger partial charge in [0.1, 0.15) is 43.2 Å². The Morgan fingerprint density at radius 2 is 0.908 bits per heavy atom. The second-order valence-corrected chi connectivity index (χ2v) is 21.6. The van der Waals surface area contributed by atoms with E-state index in [0.717, 1.165) is 95.6 Å². The van der Waals surface area contributed by atoms with E-state index < -0.39 is 91.3 Å². The van der Waals surface area contributed by atoms with Gasteiger partial charge in [0.25, 0.3) is 0 Å². The smallest absolute Gasteiger partial charge is 0.462 e. The molecule has 0 saturated heterocycles. The molecule has 4 unspecified atom stereocenters. The number of esters is 2. The van der Waals surface area contributed by atoms with Gasteiger partial charge >= 0.3 is 35.4 Å². The van der Waals surface area contributed by atoms with Gasteiger partial charge in [-0.1, -0.05) is 148 Å². The summed E-state index contributed by atoms with van der Waals surface area (Å²) in [6.07, 6.45) is 7.92. The lowest BCUT2D eigenvalue weighted by molar-refractivity contribution is -0.213. The van der Waals surface area contributed by atoms with Gasteiger partial charge in [0, 0.05) is 25.0 Å². The van der Waals surface area contributed by atoms with Crippen LogP contribution in [0, 0.1) is 0 Å². The fourth-order valence-corrected chi connectivity index (χ4v) is 10.2. The number of carbonyl (C=O) groups is 3. The molecule has 0 heterocycles. The molecule has 0 aromatic heterocycles. The fraction of sp³-hybridized carbons (Fsp3) is 0.927. The number of thioether (sulfide) groups is 1. The first kappa shape index (κ1) is 62.2. The molecule has 384 valence electrons. The second kappa shape index (κ2) is 35.3. The Hall–Kier alpha value is -0.830. The van der Waals surface area contributed by atoms with E-state index in [-0.39, 0.29) is 18.0 Å². The number of aliphatic hydroxyl groups excluding tert-OH is 3. The maximum atomic E-state index is 13.1. The topological polar surface area (TPSA) is 320 Å². The fourth-order valence-electron chi connectivity index (χ4n) is 7.19. The molecule has 1 saturated carbocycles. The molecule has 8 atom stereocenters. The number of hydrogen-bond donors (Lipinski definition) is 8. The Labute approximate surface area is 389 Å². The summed E-state index contributed by atoms with van der Waals surface area (Å²) in [6.45, 7) is 2.69. The summed E-state index contributed by atoms with van der Waals surface area (Å²) in [5, 5.41) is 32.1.